The minimum Gasteiger partial charge on any atom is -0.356 e. The molecule has 0 aliphatic carbocycles. The normalized spacial score (nSPS) is 14.9. The van der Waals surface area contributed by atoms with Crippen LogP contribution in [0.2, 0.25) is 0 Å². The fourth-order valence-corrected chi connectivity index (χ4v) is 7.07. The van der Waals surface area contributed by atoms with Crippen LogP contribution in [-0.2, 0) is 0 Å². The highest BCUT2D eigenvalue weighted by Gasteiger charge is 2.24. The molecule has 256 valence electrons. The van der Waals surface area contributed by atoms with Gasteiger partial charge < -0.3 is 9.80 Å². The van der Waals surface area contributed by atoms with Crippen LogP contribution in [0.5, 0.6) is 0 Å². The molecule has 1 heterocycles. The molecule has 0 fully saturated rings. The summed E-state index contributed by atoms with van der Waals surface area (Å²) in [7, 11) is 0. The molecule has 1 aliphatic rings. The lowest BCUT2D eigenvalue weighted by Gasteiger charge is -2.33. The summed E-state index contributed by atoms with van der Waals surface area (Å²) in [4.78, 5) is 5.42. The van der Waals surface area contributed by atoms with E-state index in [4.69, 9.17) is 0 Å². The van der Waals surface area contributed by atoms with Crippen LogP contribution >= 0.6 is 0 Å². The van der Waals surface area contributed by atoms with E-state index >= 15 is 0 Å². The summed E-state index contributed by atoms with van der Waals surface area (Å²) in [6.45, 7) is 9.48. The first-order valence-corrected chi connectivity index (χ1v) is 20.5. The topological polar surface area (TPSA) is 6.48 Å². The predicted molar refractivity (Wildman–Crippen MR) is 196 cm³/mol. The molecule has 0 amide bonds. The Hall–Kier alpha value is -0.660. The van der Waals surface area contributed by atoms with E-state index < -0.39 is 0 Å². The Morgan fingerprint density at radius 2 is 0.535 bits per heavy atom. The minimum atomic E-state index is 0.640. The van der Waals surface area contributed by atoms with Crippen molar-refractivity contribution in [1.82, 2.24) is 9.80 Å². The molecular formula is C41H82N2. The van der Waals surface area contributed by atoms with Crippen LogP contribution in [0.3, 0.4) is 0 Å². The molecule has 2 heteroatoms. The van der Waals surface area contributed by atoms with Crippen molar-refractivity contribution in [2.24, 2.45) is 0 Å². The van der Waals surface area contributed by atoms with E-state index in [1.54, 1.807) is 0 Å². The summed E-state index contributed by atoms with van der Waals surface area (Å²) in [5.74, 6) is 0. The number of hydrogen-bond donors (Lipinski definition) is 0. The van der Waals surface area contributed by atoms with E-state index in [0.717, 1.165) is 0 Å². The summed E-state index contributed by atoms with van der Waals surface area (Å²) in [5.41, 5.74) is 0. The van der Waals surface area contributed by atoms with Gasteiger partial charge in [0.1, 0.15) is 6.17 Å². The zero-order valence-electron chi connectivity index (χ0n) is 30.4. The molecule has 0 aromatic carbocycles. The predicted octanol–water partition coefficient (Wildman–Crippen LogP) is 14.3. The molecule has 0 radical (unpaired) electrons. The monoisotopic (exact) mass is 603 g/mol. The third kappa shape index (κ3) is 25.2. The van der Waals surface area contributed by atoms with Gasteiger partial charge in [-0.3, -0.25) is 0 Å². The van der Waals surface area contributed by atoms with Crippen molar-refractivity contribution in [3.8, 4) is 0 Å². The van der Waals surface area contributed by atoms with Gasteiger partial charge in [-0.2, -0.15) is 0 Å². The van der Waals surface area contributed by atoms with Crippen molar-refractivity contribution in [3.05, 3.63) is 12.4 Å². The highest BCUT2D eigenvalue weighted by Crippen LogP contribution is 2.24. The van der Waals surface area contributed by atoms with Gasteiger partial charge in [-0.1, -0.05) is 207 Å². The van der Waals surface area contributed by atoms with Gasteiger partial charge in [0.05, 0.1) is 0 Å². The van der Waals surface area contributed by atoms with Gasteiger partial charge >= 0.3 is 0 Å². The molecule has 0 aromatic rings. The Balaban J connectivity index is 2.14. The van der Waals surface area contributed by atoms with Crippen LogP contribution in [-0.4, -0.2) is 29.1 Å². The Morgan fingerprint density at radius 3 is 0.814 bits per heavy atom. The Labute approximate surface area is 273 Å². The maximum atomic E-state index is 2.71. The largest absolute Gasteiger partial charge is 0.356 e. The molecular weight excluding hydrogens is 520 g/mol. The lowest BCUT2D eigenvalue weighted by atomic mass is 10.0. The van der Waals surface area contributed by atoms with E-state index in [2.05, 4.69) is 43.0 Å². The van der Waals surface area contributed by atoms with E-state index in [1.807, 2.05) is 0 Å². The second-order valence-electron chi connectivity index (χ2n) is 14.3. The number of nitrogens with zero attached hydrogens (tertiary/aromatic N) is 2. The van der Waals surface area contributed by atoms with Crippen LogP contribution < -0.4 is 0 Å². The van der Waals surface area contributed by atoms with Crippen molar-refractivity contribution in [2.75, 3.05) is 13.1 Å². The van der Waals surface area contributed by atoms with Gasteiger partial charge in [0.2, 0.25) is 0 Å². The quantitative estimate of drug-likeness (QED) is 0.0666. The van der Waals surface area contributed by atoms with Gasteiger partial charge in [0, 0.05) is 25.5 Å². The molecule has 0 N–H and O–H groups in total. The molecule has 1 atom stereocenters. The van der Waals surface area contributed by atoms with Gasteiger partial charge in [-0.15, -0.1) is 0 Å². The van der Waals surface area contributed by atoms with E-state index in [9.17, 15) is 0 Å². The van der Waals surface area contributed by atoms with Crippen LogP contribution in [0.4, 0.5) is 0 Å². The molecule has 1 unspecified atom stereocenters. The van der Waals surface area contributed by atoms with Gasteiger partial charge in [0.15, 0.2) is 0 Å². The van der Waals surface area contributed by atoms with Crippen LogP contribution in [0.25, 0.3) is 0 Å². The summed E-state index contributed by atoms with van der Waals surface area (Å²) < 4.78 is 0. The van der Waals surface area contributed by atoms with E-state index in [-0.39, 0.29) is 0 Å². The molecule has 0 aromatic heterocycles. The number of unbranched alkanes of at least 4 members (excludes halogenated alkanes) is 29. The Kier molecular flexibility index (Phi) is 30.7. The smallest absolute Gasteiger partial charge is 0.101 e. The summed E-state index contributed by atoms with van der Waals surface area (Å²) >= 11 is 0. The molecule has 0 saturated heterocycles. The summed E-state index contributed by atoms with van der Waals surface area (Å²) in [5, 5.41) is 0. The van der Waals surface area contributed by atoms with Crippen molar-refractivity contribution in [3.63, 3.8) is 0 Å². The molecule has 43 heavy (non-hydrogen) atoms. The summed E-state index contributed by atoms with van der Waals surface area (Å²) in [6.07, 6.45) is 52.9. The molecule has 0 bridgehead atoms. The zero-order valence-corrected chi connectivity index (χ0v) is 30.4. The third-order valence-electron chi connectivity index (χ3n) is 10.1. The second-order valence-corrected chi connectivity index (χ2v) is 14.3. The standard InChI is InChI=1S/C41H82N2/c1-4-7-10-13-15-17-19-21-22-23-24-26-28-30-33-36-41-42(37-34-31-12-9-6-3)39-40-43(41)38-35-32-29-27-25-20-18-16-14-11-8-5-2/h39-41H,4-38H2,1-3H3. The minimum absolute atomic E-state index is 0.640. The first kappa shape index (κ1) is 40.4. The Bertz CT molecular complexity index is 558. The highest BCUT2D eigenvalue weighted by atomic mass is 15.4. The first-order chi connectivity index (χ1) is 21.3. The zero-order chi connectivity index (χ0) is 30.9. The fraction of sp³-hybridized carbons (Fsp3) is 0.951. The highest BCUT2D eigenvalue weighted by molar-refractivity contribution is 4.97. The van der Waals surface area contributed by atoms with Crippen molar-refractivity contribution < 1.29 is 0 Å². The Morgan fingerprint density at radius 1 is 0.302 bits per heavy atom. The first-order valence-electron chi connectivity index (χ1n) is 20.5. The molecule has 2 nitrogen and oxygen atoms in total. The lowest BCUT2D eigenvalue weighted by Crippen LogP contribution is -2.39. The van der Waals surface area contributed by atoms with Crippen LogP contribution in [0.1, 0.15) is 233 Å². The second kappa shape index (κ2) is 32.7. The molecule has 1 aliphatic heterocycles. The van der Waals surface area contributed by atoms with Gasteiger partial charge in [0.25, 0.3) is 0 Å². The molecule has 0 saturated carbocycles. The van der Waals surface area contributed by atoms with E-state index in [0.29, 0.717) is 6.17 Å². The average molecular weight is 603 g/mol. The number of rotatable bonds is 35. The third-order valence-corrected chi connectivity index (χ3v) is 10.1. The van der Waals surface area contributed by atoms with E-state index in [1.165, 1.54) is 225 Å². The molecule has 1 rings (SSSR count). The maximum Gasteiger partial charge on any atom is 0.101 e. The number of hydrogen-bond acceptors (Lipinski definition) is 2. The fourth-order valence-electron chi connectivity index (χ4n) is 7.07. The summed E-state index contributed by atoms with van der Waals surface area (Å²) in [6, 6.07) is 0. The van der Waals surface area contributed by atoms with Gasteiger partial charge in [-0.25, -0.2) is 0 Å². The van der Waals surface area contributed by atoms with Gasteiger partial charge in [-0.05, 0) is 25.7 Å². The van der Waals surface area contributed by atoms with Crippen LogP contribution in [0.15, 0.2) is 12.4 Å². The van der Waals surface area contributed by atoms with Crippen molar-refractivity contribution >= 4 is 0 Å². The van der Waals surface area contributed by atoms with Crippen molar-refractivity contribution in [1.29, 1.82) is 0 Å². The SMILES string of the molecule is CCCCCCCCCCCCCCCCCC1N(CCCCCCC)C=CN1CCCCCCCCCCCCCC. The molecule has 0 spiro atoms. The maximum absolute atomic E-state index is 2.71. The lowest BCUT2D eigenvalue weighted by molar-refractivity contribution is 0.135. The van der Waals surface area contributed by atoms with Crippen molar-refractivity contribution in [2.45, 2.75) is 239 Å². The average Bonchev–Trinajstić information content (AvgIpc) is 3.40. The van der Waals surface area contributed by atoms with Crippen LogP contribution in [0, 0.1) is 0 Å².